The molecule has 0 aromatic heterocycles. The van der Waals surface area contributed by atoms with E-state index < -0.39 is 23.6 Å². The van der Waals surface area contributed by atoms with E-state index in [0.29, 0.717) is 30.1 Å². The predicted molar refractivity (Wildman–Crippen MR) is 121 cm³/mol. The van der Waals surface area contributed by atoms with Crippen LogP contribution < -0.4 is 0 Å². The maximum Gasteiger partial charge on any atom is 0.416 e. The number of hydrogen-bond acceptors (Lipinski definition) is 4. The maximum atomic E-state index is 14.1. The highest BCUT2D eigenvalue weighted by Gasteiger charge is 2.43. The van der Waals surface area contributed by atoms with E-state index >= 15 is 0 Å². The van der Waals surface area contributed by atoms with Crippen molar-refractivity contribution in [2.24, 2.45) is 0 Å². The number of rotatable bonds is 7. The molecule has 176 valence electrons. The van der Waals surface area contributed by atoms with Crippen LogP contribution in [0.3, 0.4) is 0 Å². The molecule has 0 spiro atoms. The van der Waals surface area contributed by atoms with Gasteiger partial charge >= 0.3 is 12.1 Å². The average Bonchev–Trinajstić information content (AvgIpc) is 2.79. The van der Waals surface area contributed by atoms with E-state index in [1.54, 1.807) is 19.9 Å². The minimum Gasteiger partial charge on any atom is -0.463 e. The van der Waals surface area contributed by atoms with Gasteiger partial charge in [-0.2, -0.15) is 13.2 Å². The monoisotopic (exact) mass is 459 g/mol. The lowest BCUT2D eigenvalue weighted by atomic mass is 9.77. The van der Waals surface area contributed by atoms with Crippen LogP contribution in [0.15, 0.2) is 71.8 Å². The summed E-state index contributed by atoms with van der Waals surface area (Å²) >= 11 is 0. The Morgan fingerprint density at radius 3 is 2.18 bits per heavy atom. The molecule has 0 saturated heterocycles. The van der Waals surface area contributed by atoms with Gasteiger partial charge in [0.15, 0.2) is 5.88 Å². The SMILES string of the molecule is CCOC(=O)C1=C(C)OC(N(CC)CC)=C(c2ccccc2)C1c1ccccc1C(F)(F)F. The third-order valence-corrected chi connectivity index (χ3v) is 5.64. The van der Waals surface area contributed by atoms with Crippen LogP contribution in [0.5, 0.6) is 0 Å². The normalized spacial score (nSPS) is 16.5. The quantitative estimate of drug-likeness (QED) is 0.451. The number of benzene rings is 2. The molecule has 1 aliphatic rings. The summed E-state index contributed by atoms with van der Waals surface area (Å²) in [5, 5.41) is 0. The summed E-state index contributed by atoms with van der Waals surface area (Å²) in [4.78, 5) is 15.0. The summed E-state index contributed by atoms with van der Waals surface area (Å²) in [5.41, 5.74) is 0.446. The Balaban J connectivity index is 2.41. The number of nitrogens with zero attached hydrogens (tertiary/aromatic N) is 1. The first kappa shape index (κ1) is 24.4. The molecule has 0 fully saturated rings. The van der Waals surface area contributed by atoms with Gasteiger partial charge in [0.25, 0.3) is 0 Å². The van der Waals surface area contributed by atoms with Crippen molar-refractivity contribution in [2.45, 2.75) is 39.8 Å². The van der Waals surface area contributed by atoms with Crippen LogP contribution >= 0.6 is 0 Å². The summed E-state index contributed by atoms with van der Waals surface area (Å²) in [7, 11) is 0. The number of ether oxygens (including phenoxy) is 2. The highest BCUT2D eigenvalue weighted by molar-refractivity contribution is 5.97. The van der Waals surface area contributed by atoms with Crippen molar-refractivity contribution >= 4 is 11.5 Å². The molecule has 0 aliphatic carbocycles. The van der Waals surface area contributed by atoms with Gasteiger partial charge in [-0.05, 0) is 44.9 Å². The molecular formula is C26H28F3NO3. The molecule has 7 heteroatoms. The van der Waals surface area contributed by atoms with Gasteiger partial charge in [0.05, 0.1) is 23.7 Å². The second kappa shape index (κ2) is 10.1. The van der Waals surface area contributed by atoms with Gasteiger partial charge in [-0.3, -0.25) is 0 Å². The zero-order chi connectivity index (χ0) is 24.2. The van der Waals surface area contributed by atoms with Crippen LogP contribution in [0.25, 0.3) is 5.57 Å². The molecule has 0 radical (unpaired) electrons. The molecule has 1 aliphatic heterocycles. The molecule has 1 atom stereocenters. The van der Waals surface area contributed by atoms with Gasteiger partial charge in [-0.25, -0.2) is 4.79 Å². The number of hydrogen-bond donors (Lipinski definition) is 0. The summed E-state index contributed by atoms with van der Waals surface area (Å²) in [6.45, 7) is 8.40. The van der Waals surface area contributed by atoms with Gasteiger partial charge < -0.3 is 14.4 Å². The standard InChI is InChI=1S/C26H28F3NO3/c1-5-30(6-2)24-22(18-13-9-8-10-14-18)23(21(17(4)33-24)25(31)32-7-3)19-15-11-12-16-20(19)26(27,28)29/h8-16,23H,5-7H2,1-4H3. The first-order valence-electron chi connectivity index (χ1n) is 11.0. The molecular weight excluding hydrogens is 431 g/mol. The van der Waals surface area contributed by atoms with Crippen molar-refractivity contribution in [3.05, 3.63) is 88.5 Å². The first-order chi connectivity index (χ1) is 15.7. The first-order valence-corrected chi connectivity index (χ1v) is 11.0. The lowest BCUT2D eigenvalue weighted by molar-refractivity contribution is -0.140. The fraction of sp³-hybridized carbons (Fsp3) is 0.346. The average molecular weight is 460 g/mol. The van der Waals surface area contributed by atoms with Crippen LogP contribution in [0.1, 0.15) is 50.3 Å². The van der Waals surface area contributed by atoms with Crippen molar-refractivity contribution in [1.82, 2.24) is 4.90 Å². The topological polar surface area (TPSA) is 38.8 Å². The minimum atomic E-state index is -4.60. The highest BCUT2D eigenvalue weighted by atomic mass is 19.4. The van der Waals surface area contributed by atoms with E-state index in [1.807, 2.05) is 49.1 Å². The second-order valence-corrected chi connectivity index (χ2v) is 7.57. The highest BCUT2D eigenvalue weighted by Crippen LogP contribution is 2.49. The van der Waals surface area contributed by atoms with Crippen LogP contribution in [-0.4, -0.2) is 30.6 Å². The second-order valence-electron chi connectivity index (χ2n) is 7.57. The van der Waals surface area contributed by atoms with Crippen LogP contribution in [-0.2, 0) is 20.4 Å². The number of esters is 1. The minimum absolute atomic E-state index is 0.0146. The summed E-state index contributed by atoms with van der Waals surface area (Å²) in [5.74, 6) is -1.03. The largest absolute Gasteiger partial charge is 0.463 e. The molecule has 3 rings (SSSR count). The zero-order valence-corrected chi connectivity index (χ0v) is 19.2. The Morgan fingerprint density at radius 1 is 1.00 bits per heavy atom. The number of halogens is 3. The van der Waals surface area contributed by atoms with Gasteiger partial charge in [-0.15, -0.1) is 0 Å². The molecule has 4 nitrogen and oxygen atoms in total. The number of carbonyl (C=O) groups excluding carboxylic acids is 1. The Bertz CT molecular complexity index is 1050. The Morgan fingerprint density at radius 2 is 1.61 bits per heavy atom. The Labute approximate surface area is 192 Å². The Kier molecular flexibility index (Phi) is 7.51. The lowest BCUT2D eigenvalue weighted by Crippen LogP contribution is -2.32. The fourth-order valence-electron chi connectivity index (χ4n) is 4.17. The smallest absolute Gasteiger partial charge is 0.416 e. The molecule has 0 amide bonds. The van der Waals surface area contributed by atoms with E-state index in [9.17, 15) is 18.0 Å². The summed E-state index contributed by atoms with van der Waals surface area (Å²) in [6.07, 6.45) is -4.60. The van der Waals surface area contributed by atoms with Crippen LogP contribution in [0, 0.1) is 0 Å². The zero-order valence-electron chi connectivity index (χ0n) is 19.2. The molecule has 1 heterocycles. The Hall–Kier alpha value is -3.22. The van der Waals surface area contributed by atoms with E-state index in [4.69, 9.17) is 9.47 Å². The number of allylic oxidation sites excluding steroid dienone is 2. The van der Waals surface area contributed by atoms with Crippen LogP contribution in [0.4, 0.5) is 13.2 Å². The molecule has 0 saturated carbocycles. The van der Waals surface area contributed by atoms with Gasteiger partial charge in [0.2, 0.25) is 0 Å². The van der Waals surface area contributed by atoms with Gasteiger partial charge in [0, 0.05) is 18.7 Å². The molecule has 33 heavy (non-hydrogen) atoms. The summed E-state index contributed by atoms with van der Waals surface area (Å²) < 4.78 is 53.7. The maximum absolute atomic E-state index is 14.1. The molecule has 0 N–H and O–H groups in total. The van der Waals surface area contributed by atoms with Crippen molar-refractivity contribution in [2.75, 3.05) is 19.7 Å². The number of alkyl halides is 3. The predicted octanol–water partition coefficient (Wildman–Crippen LogP) is 6.37. The van der Waals surface area contributed by atoms with E-state index in [2.05, 4.69) is 0 Å². The van der Waals surface area contributed by atoms with E-state index in [0.717, 1.165) is 6.07 Å². The van der Waals surface area contributed by atoms with Gasteiger partial charge in [-0.1, -0.05) is 48.5 Å². The molecule has 0 bridgehead atoms. The summed E-state index contributed by atoms with van der Waals surface area (Å²) in [6, 6.07) is 14.5. The van der Waals surface area contributed by atoms with Crippen molar-refractivity contribution in [1.29, 1.82) is 0 Å². The molecule has 2 aromatic rings. The lowest BCUT2D eigenvalue weighted by Gasteiger charge is -2.36. The van der Waals surface area contributed by atoms with E-state index in [-0.39, 0.29) is 23.5 Å². The number of carbonyl (C=O) groups is 1. The molecule has 2 aromatic carbocycles. The third-order valence-electron chi connectivity index (χ3n) is 5.64. The third kappa shape index (κ3) is 4.92. The van der Waals surface area contributed by atoms with Crippen LogP contribution in [0.2, 0.25) is 0 Å². The van der Waals surface area contributed by atoms with E-state index in [1.165, 1.54) is 12.1 Å². The van der Waals surface area contributed by atoms with Gasteiger partial charge in [0.1, 0.15) is 5.76 Å². The van der Waals surface area contributed by atoms with Crippen molar-refractivity contribution in [3.8, 4) is 0 Å². The van der Waals surface area contributed by atoms with Crippen molar-refractivity contribution in [3.63, 3.8) is 0 Å². The molecule has 1 unspecified atom stereocenters. The fourth-order valence-corrected chi connectivity index (χ4v) is 4.17. The van der Waals surface area contributed by atoms with Crippen molar-refractivity contribution < 1.29 is 27.4 Å².